The van der Waals surface area contributed by atoms with E-state index in [1.165, 1.54) is 0 Å². The van der Waals surface area contributed by atoms with Crippen LogP contribution < -0.4 is 5.26 Å². The second kappa shape index (κ2) is 6.95. The van der Waals surface area contributed by atoms with Gasteiger partial charge in [0.05, 0.1) is 0 Å². The average molecular weight is 481 g/mol. The Kier molecular flexibility index (Phi) is 4.65. The van der Waals surface area contributed by atoms with Crippen LogP contribution in [0.3, 0.4) is 0 Å². The summed E-state index contributed by atoms with van der Waals surface area (Å²) in [7, 11) is 0. The Hall–Kier alpha value is -1.13. The lowest BCUT2D eigenvalue weighted by atomic mass is 9.51. The van der Waals surface area contributed by atoms with E-state index in [1.54, 1.807) is 0 Å². The Morgan fingerprint density at radius 2 is 1.88 bits per heavy atom. The fourth-order valence-electron chi connectivity index (χ4n) is 6.73. The number of ether oxygens (including phenoxy) is 5. The minimum Gasteiger partial charge on any atom is -0.691 e. The van der Waals surface area contributed by atoms with E-state index in [-0.39, 0.29) is 30.6 Å². The maximum absolute atomic E-state index is 13.9. The lowest BCUT2D eigenvalue weighted by Gasteiger charge is -2.62. The van der Waals surface area contributed by atoms with Crippen molar-refractivity contribution in [3.8, 4) is 0 Å². The van der Waals surface area contributed by atoms with Gasteiger partial charge in [-0.05, 0) is 38.0 Å². The molecule has 3 aliphatic heterocycles. The van der Waals surface area contributed by atoms with Crippen molar-refractivity contribution >= 4 is 24.0 Å². The van der Waals surface area contributed by atoms with Crippen molar-refractivity contribution in [3.63, 3.8) is 0 Å². The summed E-state index contributed by atoms with van der Waals surface area (Å²) in [5.41, 5.74) is -1.11. The highest BCUT2D eigenvalue weighted by atomic mass is 32.2. The van der Waals surface area contributed by atoms with Crippen LogP contribution in [0.25, 0.3) is 0 Å². The fraction of sp³-hybridized carbons (Fsp3) is 0.889. The first-order valence-electron chi connectivity index (χ1n) is 10.3. The summed E-state index contributed by atoms with van der Waals surface area (Å²) in [6.45, 7) is 0. The molecule has 11 nitrogen and oxygen atoms in total. The quantitative estimate of drug-likeness (QED) is 0.238. The summed E-state index contributed by atoms with van der Waals surface area (Å²) in [6, 6.07) is 0. The van der Waals surface area contributed by atoms with Gasteiger partial charge in [-0.1, -0.05) is 0 Å². The molecular weight excluding hydrogens is 462 g/mol. The Morgan fingerprint density at radius 3 is 2.56 bits per heavy atom. The summed E-state index contributed by atoms with van der Waals surface area (Å²) in [4.78, 5) is 23.8. The van der Waals surface area contributed by atoms with E-state index in [9.17, 15) is 28.7 Å². The molecule has 7 rings (SSSR count). The molecule has 0 amide bonds. The van der Waals surface area contributed by atoms with Crippen LogP contribution in [0.1, 0.15) is 32.1 Å². The summed E-state index contributed by atoms with van der Waals surface area (Å²) in [6.07, 6.45) is -2.24. The molecule has 32 heavy (non-hydrogen) atoms. The van der Waals surface area contributed by atoms with Gasteiger partial charge >= 0.3 is 17.2 Å². The number of carbonyl (C=O) groups excluding carboxylic acids is 2. The molecule has 0 aromatic carbocycles. The zero-order chi connectivity index (χ0) is 22.5. The highest BCUT2D eigenvalue weighted by molar-refractivity contribution is 7.96. The van der Waals surface area contributed by atoms with Gasteiger partial charge in [-0.15, -0.1) is 0 Å². The number of hydrogen-bond donors (Lipinski definition) is 1. The average Bonchev–Trinajstić information content (AvgIpc) is 3.34. The van der Waals surface area contributed by atoms with Crippen molar-refractivity contribution in [2.75, 3.05) is 0 Å². The van der Waals surface area contributed by atoms with Crippen LogP contribution in [-0.2, 0) is 42.6 Å². The molecule has 7 atom stereocenters. The normalized spacial score (nSPS) is 50.6. The van der Waals surface area contributed by atoms with Gasteiger partial charge in [-0.2, -0.15) is 13.1 Å². The van der Waals surface area contributed by atoms with Crippen LogP contribution >= 0.6 is 12.0 Å². The van der Waals surface area contributed by atoms with Crippen LogP contribution in [0.4, 0.5) is 8.78 Å². The molecule has 7 fully saturated rings. The lowest BCUT2D eigenvalue weighted by molar-refractivity contribution is -0.777. The maximum atomic E-state index is 13.9. The second-order valence-electron chi connectivity index (χ2n) is 9.39. The number of alkyl halides is 2. The van der Waals surface area contributed by atoms with E-state index in [2.05, 4.69) is 9.37 Å². The molecule has 3 saturated heterocycles. The lowest BCUT2D eigenvalue weighted by Crippen LogP contribution is -2.66. The molecule has 1 N–H and O–H groups in total. The number of esters is 2. The molecule has 7 unspecified atom stereocenters. The first kappa shape index (κ1) is 21.4. The van der Waals surface area contributed by atoms with E-state index in [0.717, 1.165) is 0 Å². The molecule has 0 aromatic rings. The van der Waals surface area contributed by atoms with Crippen LogP contribution in [0, 0.1) is 17.8 Å². The smallest absolute Gasteiger partial charge is 0.415 e. The number of aliphatic hydroxyl groups is 1. The molecule has 1 spiro atoms. The van der Waals surface area contributed by atoms with Crippen molar-refractivity contribution in [1.82, 2.24) is 0 Å². The monoisotopic (exact) mass is 481 g/mol. The first-order chi connectivity index (χ1) is 15.2. The van der Waals surface area contributed by atoms with Crippen molar-refractivity contribution in [3.05, 3.63) is 0 Å². The fourth-order valence-corrected chi connectivity index (χ4v) is 6.95. The molecule has 178 valence electrons. The molecule has 3 heterocycles. The van der Waals surface area contributed by atoms with Crippen molar-refractivity contribution in [2.24, 2.45) is 17.8 Å². The zero-order valence-electron chi connectivity index (χ0n) is 16.3. The number of rotatable bonds is 5. The predicted molar refractivity (Wildman–Crippen MR) is 90.3 cm³/mol. The van der Waals surface area contributed by atoms with Crippen molar-refractivity contribution in [2.45, 2.75) is 79.5 Å². The van der Waals surface area contributed by atoms with E-state index in [1.807, 2.05) is 0 Å². The SMILES string of the molecule is O=C1OC2C3OC4(OC3OC2C1O)C1CC2CC4CC(OC(=O)C(F)(F)SOO[O-])(C2)C1. The third kappa shape index (κ3) is 2.90. The molecule has 4 bridgehead atoms. The van der Waals surface area contributed by atoms with E-state index < -0.39 is 71.3 Å². The largest absolute Gasteiger partial charge is 0.691 e. The Morgan fingerprint density at radius 1 is 1.16 bits per heavy atom. The van der Waals surface area contributed by atoms with Gasteiger partial charge in [0.1, 0.15) is 23.7 Å². The summed E-state index contributed by atoms with van der Waals surface area (Å²) >= 11 is -0.716. The number of hydrogen-bond acceptors (Lipinski definition) is 12. The molecule has 0 radical (unpaired) electrons. The number of carbonyl (C=O) groups is 2. The molecule has 4 saturated carbocycles. The molecular formula is C18H19F2O11S-. The third-order valence-corrected chi connectivity index (χ3v) is 8.12. The molecule has 7 aliphatic rings. The maximum Gasteiger partial charge on any atom is 0.415 e. The first-order valence-corrected chi connectivity index (χ1v) is 11.1. The van der Waals surface area contributed by atoms with Gasteiger partial charge in [-0.3, -0.25) is 5.04 Å². The van der Waals surface area contributed by atoms with Crippen LogP contribution in [0.5, 0.6) is 0 Å². The Labute approximate surface area is 183 Å². The van der Waals surface area contributed by atoms with Gasteiger partial charge in [0.2, 0.25) is 0 Å². The zero-order valence-corrected chi connectivity index (χ0v) is 17.2. The van der Waals surface area contributed by atoms with Crippen LogP contribution in [-0.4, -0.2) is 64.4 Å². The van der Waals surface area contributed by atoms with Gasteiger partial charge in [-0.25, -0.2) is 9.59 Å². The topological polar surface area (TPSA) is 142 Å². The second-order valence-corrected chi connectivity index (χ2v) is 10.2. The third-order valence-electron chi connectivity index (χ3n) is 7.62. The van der Waals surface area contributed by atoms with Gasteiger partial charge in [0, 0.05) is 11.8 Å². The number of aliphatic hydroxyl groups excluding tert-OH is 1. The highest BCUT2D eigenvalue weighted by Crippen LogP contribution is 2.65. The van der Waals surface area contributed by atoms with Crippen molar-refractivity contribution in [1.29, 1.82) is 0 Å². The summed E-state index contributed by atoms with van der Waals surface area (Å²) < 4.78 is 60.3. The van der Waals surface area contributed by atoms with Crippen LogP contribution in [0.2, 0.25) is 0 Å². The van der Waals surface area contributed by atoms with E-state index in [4.69, 9.17) is 23.7 Å². The Bertz CT molecular complexity index is 826. The van der Waals surface area contributed by atoms with Gasteiger partial charge in [0.25, 0.3) is 0 Å². The van der Waals surface area contributed by atoms with Crippen molar-refractivity contribution < 1.29 is 61.8 Å². The molecule has 4 aliphatic carbocycles. The minimum atomic E-state index is -4.11. The van der Waals surface area contributed by atoms with Gasteiger partial charge < -0.3 is 34.0 Å². The van der Waals surface area contributed by atoms with Gasteiger partial charge in [0.15, 0.2) is 30.4 Å². The molecule has 14 heteroatoms. The molecule has 0 aromatic heterocycles. The number of halogens is 2. The summed E-state index contributed by atoms with van der Waals surface area (Å²) in [5.74, 6) is -4.01. The highest BCUT2D eigenvalue weighted by Gasteiger charge is 2.73. The van der Waals surface area contributed by atoms with Crippen LogP contribution in [0.15, 0.2) is 0 Å². The number of fused-ring (bicyclic) bond motifs is 3. The summed E-state index contributed by atoms with van der Waals surface area (Å²) in [5, 5.41) is 18.5. The standard InChI is InChI=1S/C18H20F2O11S/c19-18(20,32-31-30-24)15(23)29-16-3-6-1-7(4-16)17(8(2-6)5-16)27-12-11-10(26-14(12)28-17)9(21)13(22)25-11/h6-12,14,21,24H,1-5H2/p-1. The van der Waals surface area contributed by atoms with E-state index in [0.29, 0.717) is 19.3 Å². The predicted octanol–water partition coefficient (Wildman–Crippen LogP) is -0.304. The minimum absolute atomic E-state index is 0.140. The van der Waals surface area contributed by atoms with E-state index >= 15 is 0 Å². The Balaban J connectivity index is 1.20.